The molecule has 0 N–H and O–H groups in total. The molecule has 0 spiro atoms. The minimum absolute atomic E-state index is 0. The van der Waals surface area contributed by atoms with Crippen LogP contribution in [-0.4, -0.2) is 0 Å². The molecular formula is C27H29Cl2Zr-. The van der Waals surface area contributed by atoms with Crippen molar-refractivity contribution in [2.24, 2.45) is 5.92 Å². The molecule has 0 atom stereocenters. The van der Waals surface area contributed by atoms with Crippen LogP contribution in [0.5, 0.6) is 0 Å². The first kappa shape index (κ1) is 25.3. The first-order valence-corrected chi connectivity index (χ1v) is 10.5. The first-order valence-electron chi connectivity index (χ1n) is 10.5. The molecule has 0 aliphatic heterocycles. The molecule has 1 fully saturated rings. The summed E-state index contributed by atoms with van der Waals surface area (Å²) in [6, 6.07) is 27.1. The zero-order valence-electron chi connectivity index (χ0n) is 17.3. The molecule has 0 aromatic heterocycles. The Kier molecular flexibility index (Phi) is 9.74. The van der Waals surface area contributed by atoms with Crippen LogP contribution in [0.1, 0.15) is 44.1 Å². The molecule has 0 heterocycles. The second kappa shape index (κ2) is 11.6. The minimum Gasteiger partial charge on any atom is -0.164 e. The van der Waals surface area contributed by atoms with Crippen molar-refractivity contribution in [1.82, 2.24) is 0 Å². The van der Waals surface area contributed by atoms with E-state index in [-0.39, 0.29) is 51.0 Å². The van der Waals surface area contributed by atoms with E-state index < -0.39 is 0 Å². The van der Waals surface area contributed by atoms with Crippen LogP contribution in [-0.2, 0) is 32.6 Å². The quantitative estimate of drug-likeness (QED) is 0.189. The normalized spacial score (nSPS) is 14.4. The van der Waals surface area contributed by atoms with Crippen molar-refractivity contribution >= 4 is 46.4 Å². The van der Waals surface area contributed by atoms with Gasteiger partial charge in [0.25, 0.3) is 0 Å². The number of benzene rings is 3. The van der Waals surface area contributed by atoms with E-state index in [1.165, 1.54) is 83.2 Å². The molecule has 0 saturated heterocycles. The predicted octanol–water partition coefficient (Wildman–Crippen LogP) is 8.73. The third-order valence-corrected chi connectivity index (χ3v) is 6.39. The standard InChI is InChI=1S/C27H27.2ClH.Zr/c1-2-4-10-20(9-3-1)17-21-18-23-13-8-16-26(27(23)19-21)25-15-7-12-22-11-5-6-14-24(22)25;;;/h5-8,11-16,18-20H,1-4,9-10,17H2;2*1H;/q-1;;;. The van der Waals surface area contributed by atoms with E-state index in [0.29, 0.717) is 0 Å². The van der Waals surface area contributed by atoms with Crippen molar-refractivity contribution in [2.45, 2.75) is 44.9 Å². The van der Waals surface area contributed by atoms with Gasteiger partial charge in [0, 0.05) is 26.2 Å². The Bertz CT molecular complexity index is 1070. The molecule has 5 rings (SSSR count). The van der Waals surface area contributed by atoms with Crippen molar-refractivity contribution in [3.05, 3.63) is 78.4 Å². The summed E-state index contributed by atoms with van der Waals surface area (Å²) in [7, 11) is 0. The summed E-state index contributed by atoms with van der Waals surface area (Å²) >= 11 is 0. The van der Waals surface area contributed by atoms with Gasteiger partial charge in [-0.2, -0.15) is 6.07 Å². The third-order valence-electron chi connectivity index (χ3n) is 6.39. The molecule has 0 unspecified atom stereocenters. The third kappa shape index (κ3) is 5.24. The van der Waals surface area contributed by atoms with E-state index in [9.17, 15) is 0 Å². The van der Waals surface area contributed by atoms with Crippen LogP contribution in [0.15, 0.2) is 72.8 Å². The number of fused-ring (bicyclic) bond motifs is 2. The largest absolute Gasteiger partial charge is 0.164 e. The van der Waals surface area contributed by atoms with E-state index in [1.807, 2.05) is 0 Å². The van der Waals surface area contributed by atoms with Gasteiger partial charge in [-0.25, -0.2) is 0 Å². The summed E-state index contributed by atoms with van der Waals surface area (Å²) in [4.78, 5) is 0. The second-order valence-electron chi connectivity index (χ2n) is 8.26. The summed E-state index contributed by atoms with van der Waals surface area (Å²) in [5.74, 6) is 0.880. The summed E-state index contributed by atoms with van der Waals surface area (Å²) in [6.07, 6.45) is 9.80. The molecule has 1 aliphatic rings. The van der Waals surface area contributed by atoms with Gasteiger partial charge in [0.05, 0.1) is 0 Å². The Morgan fingerprint density at radius 2 is 1.33 bits per heavy atom. The molecule has 0 bridgehead atoms. The fourth-order valence-electron chi connectivity index (χ4n) is 5.01. The monoisotopic (exact) mass is 513 g/mol. The van der Waals surface area contributed by atoms with Crippen molar-refractivity contribution in [3.8, 4) is 11.1 Å². The van der Waals surface area contributed by atoms with Crippen LogP contribution in [0, 0.1) is 5.92 Å². The van der Waals surface area contributed by atoms with E-state index in [4.69, 9.17) is 0 Å². The minimum atomic E-state index is 0. The fraction of sp³-hybridized carbons (Fsp3) is 0.296. The maximum absolute atomic E-state index is 2.47. The van der Waals surface area contributed by atoms with Crippen LogP contribution in [0.3, 0.4) is 0 Å². The van der Waals surface area contributed by atoms with Gasteiger partial charge >= 0.3 is 0 Å². The topological polar surface area (TPSA) is 0 Å². The maximum Gasteiger partial charge on any atom is 0 e. The first-order chi connectivity index (χ1) is 13.4. The molecule has 4 aromatic rings. The van der Waals surface area contributed by atoms with Gasteiger partial charge in [-0.3, -0.25) is 0 Å². The number of hydrogen-bond acceptors (Lipinski definition) is 0. The summed E-state index contributed by atoms with van der Waals surface area (Å²) in [5, 5.41) is 5.47. The smallest absolute Gasteiger partial charge is 0 e. The molecule has 4 aromatic carbocycles. The van der Waals surface area contributed by atoms with Crippen LogP contribution in [0.2, 0.25) is 0 Å². The molecule has 0 amide bonds. The SMILES string of the molecule is Cl.Cl.[Zr].c1ccc2c(-c3cccc4[cH-]c(CC5CCCCCC5)cc34)cccc2c1. The molecule has 0 radical (unpaired) electrons. The van der Waals surface area contributed by atoms with Crippen LogP contribution in [0.4, 0.5) is 0 Å². The summed E-state index contributed by atoms with van der Waals surface area (Å²) < 4.78 is 0. The molecule has 1 aliphatic carbocycles. The van der Waals surface area contributed by atoms with Gasteiger partial charge < -0.3 is 0 Å². The molecular weight excluding hydrogens is 486 g/mol. The Morgan fingerprint density at radius 1 is 0.700 bits per heavy atom. The van der Waals surface area contributed by atoms with E-state index in [2.05, 4.69) is 72.8 Å². The van der Waals surface area contributed by atoms with Gasteiger partial charge in [-0.15, -0.1) is 59.3 Å². The van der Waals surface area contributed by atoms with Gasteiger partial charge in [0.2, 0.25) is 0 Å². The van der Waals surface area contributed by atoms with Gasteiger partial charge in [0.15, 0.2) is 0 Å². The van der Waals surface area contributed by atoms with Crippen molar-refractivity contribution < 1.29 is 26.2 Å². The second-order valence-corrected chi connectivity index (χ2v) is 8.26. The Labute approximate surface area is 211 Å². The van der Waals surface area contributed by atoms with E-state index >= 15 is 0 Å². The van der Waals surface area contributed by atoms with Crippen LogP contribution >= 0.6 is 24.8 Å². The zero-order valence-corrected chi connectivity index (χ0v) is 21.4. The number of rotatable bonds is 3. The molecule has 1 saturated carbocycles. The number of halogens is 2. The molecule has 3 heteroatoms. The average Bonchev–Trinajstić information content (AvgIpc) is 2.94. The summed E-state index contributed by atoms with van der Waals surface area (Å²) in [5.41, 5.74) is 4.26. The van der Waals surface area contributed by atoms with Gasteiger partial charge in [0.1, 0.15) is 0 Å². The van der Waals surface area contributed by atoms with Gasteiger partial charge in [-0.05, 0) is 28.7 Å². The fourth-order valence-corrected chi connectivity index (χ4v) is 5.01. The zero-order chi connectivity index (χ0) is 18.1. The van der Waals surface area contributed by atoms with E-state index in [0.717, 1.165) is 5.92 Å². The van der Waals surface area contributed by atoms with Crippen molar-refractivity contribution in [1.29, 1.82) is 0 Å². The molecule has 30 heavy (non-hydrogen) atoms. The maximum atomic E-state index is 2.47. The molecule has 0 nitrogen and oxygen atoms in total. The number of hydrogen-bond donors (Lipinski definition) is 0. The van der Waals surface area contributed by atoms with E-state index in [1.54, 1.807) is 0 Å². The molecule has 156 valence electrons. The average molecular weight is 516 g/mol. The van der Waals surface area contributed by atoms with Gasteiger partial charge in [-0.1, -0.05) is 92.6 Å². The Morgan fingerprint density at radius 3 is 2.10 bits per heavy atom. The van der Waals surface area contributed by atoms with Crippen molar-refractivity contribution in [3.63, 3.8) is 0 Å². The summed E-state index contributed by atoms with van der Waals surface area (Å²) in [6.45, 7) is 0. The Balaban J connectivity index is 0.00000107. The van der Waals surface area contributed by atoms with Crippen LogP contribution < -0.4 is 0 Å². The van der Waals surface area contributed by atoms with Crippen molar-refractivity contribution in [2.75, 3.05) is 0 Å². The predicted molar refractivity (Wildman–Crippen MR) is 132 cm³/mol. The van der Waals surface area contributed by atoms with Crippen LogP contribution in [0.25, 0.3) is 32.7 Å². The Hall–Kier alpha value is -1.01.